The maximum Gasteiger partial charge on any atom is 0.358 e. The number of nitrogens with zero attached hydrogens (tertiary/aromatic N) is 3. The van der Waals surface area contributed by atoms with Crippen molar-refractivity contribution in [3.05, 3.63) is 41.2 Å². The van der Waals surface area contributed by atoms with Gasteiger partial charge in [-0.3, -0.25) is 0 Å². The monoisotopic (exact) mass is 243 g/mol. The van der Waals surface area contributed by atoms with E-state index in [2.05, 4.69) is 10.3 Å². The first kappa shape index (κ1) is 11.0. The topological polar surface area (TPSA) is 68.0 Å². The van der Waals surface area contributed by atoms with Gasteiger partial charge in [0.15, 0.2) is 5.69 Å². The number of hydrogen-bond acceptors (Lipinski definition) is 3. The van der Waals surface area contributed by atoms with E-state index < -0.39 is 5.97 Å². The van der Waals surface area contributed by atoms with E-state index in [-0.39, 0.29) is 11.6 Å². The second-order valence-corrected chi connectivity index (χ2v) is 4.65. The van der Waals surface area contributed by atoms with Gasteiger partial charge < -0.3 is 5.11 Å². The van der Waals surface area contributed by atoms with E-state index in [1.807, 2.05) is 31.2 Å². The van der Waals surface area contributed by atoms with Crippen LogP contribution < -0.4 is 0 Å². The lowest BCUT2D eigenvalue weighted by Gasteiger charge is -2.06. The van der Waals surface area contributed by atoms with Crippen LogP contribution >= 0.6 is 0 Å². The van der Waals surface area contributed by atoms with Crippen LogP contribution in [0.15, 0.2) is 24.3 Å². The summed E-state index contributed by atoms with van der Waals surface area (Å²) < 4.78 is 1.66. The molecule has 92 valence electrons. The Bertz CT molecular complexity index is 614. The Morgan fingerprint density at radius 1 is 1.44 bits per heavy atom. The van der Waals surface area contributed by atoms with Gasteiger partial charge in [-0.2, -0.15) is 0 Å². The molecule has 1 aliphatic rings. The van der Waals surface area contributed by atoms with E-state index in [0.717, 1.165) is 29.8 Å². The lowest BCUT2D eigenvalue weighted by atomic mass is 10.2. The van der Waals surface area contributed by atoms with Crippen LogP contribution in [0.25, 0.3) is 5.69 Å². The largest absolute Gasteiger partial charge is 0.476 e. The molecule has 5 nitrogen and oxygen atoms in total. The Kier molecular flexibility index (Phi) is 2.40. The zero-order valence-electron chi connectivity index (χ0n) is 10.00. The number of carbonyl (C=O) groups is 1. The number of carboxylic acid groups (broad SMARTS) is 1. The molecule has 2 aromatic rings. The van der Waals surface area contributed by atoms with E-state index >= 15 is 0 Å². The number of rotatable bonds is 3. The average molecular weight is 243 g/mol. The minimum Gasteiger partial charge on any atom is -0.476 e. The van der Waals surface area contributed by atoms with E-state index in [4.69, 9.17) is 5.11 Å². The first-order chi connectivity index (χ1) is 8.66. The minimum atomic E-state index is -1.00. The predicted molar refractivity (Wildman–Crippen MR) is 65.0 cm³/mol. The summed E-state index contributed by atoms with van der Waals surface area (Å²) in [6.07, 6.45) is 2.03. The maximum absolute atomic E-state index is 11.1. The molecule has 0 bridgehead atoms. The number of benzene rings is 1. The maximum atomic E-state index is 11.1. The molecule has 0 radical (unpaired) electrons. The van der Waals surface area contributed by atoms with Crippen LogP contribution in [0.4, 0.5) is 0 Å². The molecule has 0 unspecified atom stereocenters. The third kappa shape index (κ3) is 1.77. The Morgan fingerprint density at radius 2 is 2.22 bits per heavy atom. The summed E-state index contributed by atoms with van der Waals surface area (Å²) in [4.78, 5) is 11.1. The van der Waals surface area contributed by atoms with Crippen LogP contribution in [0.2, 0.25) is 0 Å². The van der Waals surface area contributed by atoms with Crippen LogP contribution in [0.1, 0.15) is 40.5 Å². The summed E-state index contributed by atoms with van der Waals surface area (Å²) in [5, 5.41) is 16.9. The van der Waals surface area contributed by atoms with Crippen molar-refractivity contribution in [2.45, 2.75) is 25.7 Å². The fourth-order valence-electron chi connectivity index (χ4n) is 2.11. The molecule has 0 aliphatic heterocycles. The van der Waals surface area contributed by atoms with Crippen molar-refractivity contribution in [3.8, 4) is 5.69 Å². The first-order valence-electron chi connectivity index (χ1n) is 5.93. The number of aryl methyl sites for hydroxylation is 1. The average Bonchev–Trinajstić information content (AvgIpc) is 3.07. The van der Waals surface area contributed by atoms with Gasteiger partial charge in [0, 0.05) is 5.92 Å². The van der Waals surface area contributed by atoms with Gasteiger partial charge in [-0.1, -0.05) is 17.3 Å². The zero-order valence-corrected chi connectivity index (χ0v) is 10.00. The molecule has 1 N–H and O–H groups in total. The summed E-state index contributed by atoms with van der Waals surface area (Å²) >= 11 is 0. The van der Waals surface area contributed by atoms with E-state index in [0.29, 0.717) is 0 Å². The van der Waals surface area contributed by atoms with Crippen LogP contribution in [0, 0.1) is 6.92 Å². The van der Waals surface area contributed by atoms with Crippen LogP contribution in [0.5, 0.6) is 0 Å². The van der Waals surface area contributed by atoms with Gasteiger partial charge in [-0.05, 0) is 37.5 Å². The highest BCUT2D eigenvalue weighted by molar-refractivity contribution is 5.87. The molecule has 1 aromatic carbocycles. The lowest BCUT2D eigenvalue weighted by Crippen LogP contribution is -2.05. The molecular weight excluding hydrogens is 230 g/mol. The summed E-state index contributed by atoms with van der Waals surface area (Å²) in [5.74, 6) is -0.720. The Morgan fingerprint density at radius 3 is 2.83 bits per heavy atom. The van der Waals surface area contributed by atoms with Gasteiger partial charge in [-0.25, -0.2) is 9.48 Å². The number of aromatic carboxylic acids is 1. The summed E-state index contributed by atoms with van der Waals surface area (Å²) in [6, 6.07) is 7.82. The predicted octanol–water partition coefficient (Wildman–Crippen LogP) is 2.15. The van der Waals surface area contributed by atoms with Crippen molar-refractivity contribution in [2.75, 3.05) is 0 Å². The van der Waals surface area contributed by atoms with Crippen LogP contribution in [-0.2, 0) is 0 Å². The van der Waals surface area contributed by atoms with Crippen LogP contribution in [-0.4, -0.2) is 26.1 Å². The Balaban J connectivity index is 2.15. The van der Waals surface area contributed by atoms with Crippen LogP contribution in [0.3, 0.4) is 0 Å². The second kappa shape index (κ2) is 3.94. The second-order valence-electron chi connectivity index (χ2n) is 4.65. The molecule has 1 saturated carbocycles. The zero-order chi connectivity index (χ0) is 12.7. The Hall–Kier alpha value is -2.17. The van der Waals surface area contributed by atoms with Gasteiger partial charge in [-0.15, -0.1) is 5.10 Å². The van der Waals surface area contributed by atoms with Crippen molar-refractivity contribution < 1.29 is 9.90 Å². The normalized spacial score (nSPS) is 14.7. The molecule has 0 saturated heterocycles. The van der Waals surface area contributed by atoms with Crippen molar-refractivity contribution in [1.29, 1.82) is 0 Å². The van der Waals surface area contributed by atoms with Gasteiger partial charge in [0.25, 0.3) is 0 Å². The van der Waals surface area contributed by atoms with Gasteiger partial charge in [0.2, 0.25) is 0 Å². The molecule has 0 atom stereocenters. The fourth-order valence-corrected chi connectivity index (χ4v) is 2.11. The summed E-state index contributed by atoms with van der Waals surface area (Å²) in [5.41, 5.74) is 2.80. The first-order valence-corrected chi connectivity index (χ1v) is 5.93. The molecule has 0 spiro atoms. The smallest absolute Gasteiger partial charge is 0.358 e. The summed E-state index contributed by atoms with van der Waals surface area (Å²) in [7, 11) is 0. The number of hydrogen-bond donors (Lipinski definition) is 1. The lowest BCUT2D eigenvalue weighted by molar-refractivity contribution is 0.0689. The van der Waals surface area contributed by atoms with Crippen molar-refractivity contribution >= 4 is 5.97 Å². The highest BCUT2D eigenvalue weighted by atomic mass is 16.4. The van der Waals surface area contributed by atoms with E-state index in [1.54, 1.807) is 4.68 Å². The molecule has 0 amide bonds. The third-order valence-electron chi connectivity index (χ3n) is 3.12. The van der Waals surface area contributed by atoms with Crippen molar-refractivity contribution in [2.24, 2.45) is 0 Å². The molecule has 1 heterocycles. The highest BCUT2D eigenvalue weighted by Gasteiger charge is 2.34. The van der Waals surface area contributed by atoms with Gasteiger partial charge in [0.05, 0.1) is 11.4 Å². The minimum absolute atomic E-state index is 0.0824. The van der Waals surface area contributed by atoms with E-state index in [1.165, 1.54) is 0 Å². The molecule has 18 heavy (non-hydrogen) atoms. The molecule has 1 aliphatic carbocycles. The highest BCUT2D eigenvalue weighted by Crippen LogP contribution is 2.41. The quantitative estimate of drug-likeness (QED) is 0.896. The Labute approximate surface area is 104 Å². The molecule has 5 heteroatoms. The molecule has 3 rings (SSSR count). The number of aromatic nitrogens is 3. The SMILES string of the molecule is Cc1cccc(-n2nnc(C(=O)O)c2C2CC2)c1. The number of carboxylic acids is 1. The molecule has 1 fully saturated rings. The van der Waals surface area contributed by atoms with E-state index in [9.17, 15) is 4.79 Å². The van der Waals surface area contributed by atoms with Gasteiger partial charge >= 0.3 is 5.97 Å². The third-order valence-corrected chi connectivity index (χ3v) is 3.12. The van der Waals surface area contributed by atoms with Gasteiger partial charge in [0.1, 0.15) is 0 Å². The fraction of sp³-hybridized carbons (Fsp3) is 0.308. The molecular formula is C13H13N3O2. The molecule has 1 aromatic heterocycles. The van der Waals surface area contributed by atoms with Crippen molar-refractivity contribution in [1.82, 2.24) is 15.0 Å². The van der Waals surface area contributed by atoms with Crippen molar-refractivity contribution in [3.63, 3.8) is 0 Å². The summed E-state index contributed by atoms with van der Waals surface area (Å²) in [6.45, 7) is 2.00. The standard InChI is InChI=1S/C13H13N3O2/c1-8-3-2-4-10(7-8)16-12(9-5-6-9)11(13(17)18)14-15-16/h2-4,7,9H,5-6H2,1H3,(H,17,18).